The lowest BCUT2D eigenvalue weighted by Crippen LogP contribution is -2.12. The van der Waals surface area contributed by atoms with Crippen LogP contribution in [-0.4, -0.2) is 44.6 Å². The maximum absolute atomic E-state index is 9.98. The standard InChI is InChI=1S/C12H19NO3S/c1-13(2)7-8-6-9(15-3)10(14)11(16-4)12(8)17-5/h6,14H,7H2,1-5H3. The molecule has 0 aliphatic rings. The minimum Gasteiger partial charge on any atom is -0.502 e. The number of hydrogen-bond donors (Lipinski definition) is 1. The van der Waals surface area contributed by atoms with E-state index in [1.165, 1.54) is 7.11 Å². The first-order chi connectivity index (χ1) is 8.04. The van der Waals surface area contributed by atoms with Gasteiger partial charge in [-0.3, -0.25) is 0 Å². The first kappa shape index (κ1) is 14.0. The van der Waals surface area contributed by atoms with E-state index < -0.39 is 0 Å². The molecular formula is C12H19NO3S. The summed E-state index contributed by atoms with van der Waals surface area (Å²) in [4.78, 5) is 3.00. The van der Waals surface area contributed by atoms with Crippen LogP contribution < -0.4 is 9.47 Å². The normalized spacial score (nSPS) is 10.7. The van der Waals surface area contributed by atoms with E-state index in [1.54, 1.807) is 18.9 Å². The number of nitrogens with zero attached hydrogens (tertiary/aromatic N) is 1. The number of aromatic hydroxyl groups is 1. The highest BCUT2D eigenvalue weighted by Crippen LogP contribution is 2.45. The van der Waals surface area contributed by atoms with Gasteiger partial charge in [0.1, 0.15) is 0 Å². The molecule has 0 radical (unpaired) electrons. The number of benzene rings is 1. The van der Waals surface area contributed by atoms with Crippen LogP contribution in [0, 0.1) is 0 Å². The predicted molar refractivity (Wildman–Crippen MR) is 70.4 cm³/mol. The summed E-state index contributed by atoms with van der Waals surface area (Å²) in [6.07, 6.45) is 1.96. The first-order valence-corrected chi connectivity index (χ1v) is 6.43. The van der Waals surface area contributed by atoms with Crippen LogP contribution in [0.1, 0.15) is 5.56 Å². The van der Waals surface area contributed by atoms with E-state index >= 15 is 0 Å². The Hall–Kier alpha value is -1.07. The third kappa shape index (κ3) is 2.98. The Morgan fingerprint density at radius 1 is 1.29 bits per heavy atom. The van der Waals surface area contributed by atoms with Crippen LogP contribution in [-0.2, 0) is 6.54 Å². The van der Waals surface area contributed by atoms with Crippen molar-refractivity contribution in [2.45, 2.75) is 11.4 Å². The van der Waals surface area contributed by atoms with Gasteiger partial charge in [0, 0.05) is 6.54 Å². The lowest BCUT2D eigenvalue weighted by Gasteiger charge is -2.18. The molecule has 5 heteroatoms. The van der Waals surface area contributed by atoms with Crippen LogP contribution in [0.15, 0.2) is 11.0 Å². The summed E-state index contributed by atoms with van der Waals surface area (Å²) >= 11 is 1.55. The zero-order valence-corrected chi connectivity index (χ0v) is 11.7. The average molecular weight is 257 g/mol. The lowest BCUT2D eigenvalue weighted by molar-refractivity contribution is 0.328. The minimum atomic E-state index is 0.0573. The number of phenols is 1. The first-order valence-electron chi connectivity index (χ1n) is 5.20. The van der Waals surface area contributed by atoms with Crippen LogP contribution in [0.5, 0.6) is 17.2 Å². The largest absolute Gasteiger partial charge is 0.502 e. The van der Waals surface area contributed by atoms with E-state index in [0.29, 0.717) is 11.5 Å². The summed E-state index contributed by atoms with van der Waals surface area (Å²) < 4.78 is 10.4. The molecule has 0 atom stereocenters. The number of methoxy groups -OCH3 is 2. The van der Waals surface area contributed by atoms with Gasteiger partial charge in [0.2, 0.25) is 5.75 Å². The van der Waals surface area contributed by atoms with E-state index in [0.717, 1.165) is 17.0 Å². The lowest BCUT2D eigenvalue weighted by atomic mass is 10.1. The molecule has 0 fully saturated rings. The van der Waals surface area contributed by atoms with Crippen molar-refractivity contribution in [2.24, 2.45) is 0 Å². The van der Waals surface area contributed by atoms with Crippen LogP contribution in [0.3, 0.4) is 0 Å². The molecule has 0 unspecified atom stereocenters. The fraction of sp³-hybridized carbons (Fsp3) is 0.500. The van der Waals surface area contributed by atoms with Gasteiger partial charge in [-0.15, -0.1) is 11.8 Å². The highest BCUT2D eigenvalue weighted by molar-refractivity contribution is 7.98. The maximum Gasteiger partial charge on any atom is 0.201 e. The maximum atomic E-state index is 9.98. The molecule has 1 rings (SSSR count). The molecule has 1 N–H and O–H groups in total. The van der Waals surface area contributed by atoms with Crippen LogP contribution in [0.25, 0.3) is 0 Å². The van der Waals surface area contributed by atoms with Gasteiger partial charge in [0.05, 0.1) is 19.1 Å². The molecule has 0 saturated carbocycles. The second-order valence-corrected chi connectivity index (χ2v) is 4.71. The van der Waals surface area contributed by atoms with Crippen LogP contribution in [0.2, 0.25) is 0 Å². The second kappa shape index (κ2) is 6.02. The van der Waals surface area contributed by atoms with Gasteiger partial charge in [0.25, 0.3) is 0 Å². The van der Waals surface area contributed by atoms with Gasteiger partial charge < -0.3 is 19.5 Å². The molecular weight excluding hydrogens is 238 g/mol. The molecule has 1 aromatic carbocycles. The molecule has 0 saturated heterocycles. The van der Waals surface area contributed by atoms with Crippen molar-refractivity contribution in [1.29, 1.82) is 0 Å². The highest BCUT2D eigenvalue weighted by Gasteiger charge is 2.18. The number of phenolic OH excluding ortho intramolecular Hbond substituents is 1. The van der Waals surface area contributed by atoms with Crippen LogP contribution in [0.4, 0.5) is 0 Å². The molecule has 17 heavy (non-hydrogen) atoms. The van der Waals surface area contributed by atoms with Crippen molar-refractivity contribution < 1.29 is 14.6 Å². The van der Waals surface area contributed by atoms with Crippen molar-refractivity contribution in [1.82, 2.24) is 4.90 Å². The van der Waals surface area contributed by atoms with Gasteiger partial charge in [0.15, 0.2) is 11.5 Å². The molecule has 96 valence electrons. The fourth-order valence-corrected chi connectivity index (χ4v) is 2.44. The smallest absolute Gasteiger partial charge is 0.201 e. The number of hydrogen-bond acceptors (Lipinski definition) is 5. The zero-order chi connectivity index (χ0) is 13.0. The van der Waals surface area contributed by atoms with E-state index in [2.05, 4.69) is 4.90 Å². The van der Waals surface area contributed by atoms with E-state index in [-0.39, 0.29) is 5.75 Å². The molecule has 0 spiro atoms. The Bertz CT molecular complexity index is 394. The molecule has 0 aliphatic carbocycles. The summed E-state index contributed by atoms with van der Waals surface area (Å²) in [7, 11) is 7.08. The van der Waals surface area contributed by atoms with Gasteiger partial charge in [-0.1, -0.05) is 0 Å². The van der Waals surface area contributed by atoms with E-state index in [1.807, 2.05) is 26.4 Å². The third-order valence-corrected chi connectivity index (χ3v) is 3.22. The quantitative estimate of drug-likeness (QED) is 0.819. The summed E-state index contributed by atoms with van der Waals surface area (Å²) in [5, 5.41) is 9.98. The fourth-order valence-electron chi connectivity index (χ4n) is 1.68. The Morgan fingerprint density at radius 3 is 2.35 bits per heavy atom. The van der Waals surface area contributed by atoms with Gasteiger partial charge >= 0.3 is 0 Å². The molecule has 1 aromatic rings. The van der Waals surface area contributed by atoms with Gasteiger partial charge in [-0.25, -0.2) is 0 Å². The van der Waals surface area contributed by atoms with Crippen molar-refractivity contribution in [3.63, 3.8) is 0 Å². The Labute approximate surface area is 107 Å². The molecule has 0 bridgehead atoms. The number of thioether (sulfide) groups is 1. The Kier molecular flexibility index (Phi) is 4.96. The van der Waals surface area contributed by atoms with Gasteiger partial charge in [-0.05, 0) is 32.0 Å². The number of rotatable bonds is 5. The monoisotopic (exact) mass is 257 g/mol. The Balaban J connectivity index is 3.36. The molecule has 4 nitrogen and oxygen atoms in total. The zero-order valence-electron chi connectivity index (χ0n) is 10.9. The summed E-state index contributed by atoms with van der Waals surface area (Å²) in [5.41, 5.74) is 1.08. The SMILES string of the molecule is COc1cc(CN(C)C)c(SC)c(OC)c1O. The minimum absolute atomic E-state index is 0.0573. The molecule has 0 aromatic heterocycles. The number of ether oxygens (including phenoxy) is 2. The average Bonchev–Trinajstić information content (AvgIpc) is 2.29. The summed E-state index contributed by atoms with van der Waals surface area (Å²) in [6, 6.07) is 1.85. The van der Waals surface area contributed by atoms with Crippen molar-refractivity contribution >= 4 is 11.8 Å². The van der Waals surface area contributed by atoms with Gasteiger partial charge in [-0.2, -0.15) is 0 Å². The third-order valence-electron chi connectivity index (χ3n) is 2.37. The van der Waals surface area contributed by atoms with E-state index in [9.17, 15) is 5.11 Å². The van der Waals surface area contributed by atoms with Crippen LogP contribution >= 0.6 is 11.8 Å². The summed E-state index contributed by atoms with van der Waals surface area (Å²) in [5.74, 6) is 0.979. The second-order valence-electron chi connectivity index (χ2n) is 3.89. The predicted octanol–water partition coefficient (Wildman–Crippen LogP) is 2.19. The molecule has 0 aliphatic heterocycles. The highest BCUT2D eigenvalue weighted by atomic mass is 32.2. The molecule has 0 heterocycles. The van der Waals surface area contributed by atoms with Crippen molar-refractivity contribution in [3.05, 3.63) is 11.6 Å². The van der Waals surface area contributed by atoms with E-state index in [4.69, 9.17) is 9.47 Å². The van der Waals surface area contributed by atoms with Crippen molar-refractivity contribution in [3.8, 4) is 17.2 Å². The Morgan fingerprint density at radius 2 is 1.94 bits per heavy atom. The topological polar surface area (TPSA) is 41.9 Å². The molecule has 0 amide bonds. The van der Waals surface area contributed by atoms with Crippen molar-refractivity contribution in [2.75, 3.05) is 34.6 Å². The summed E-state index contributed by atoms with van der Waals surface area (Å²) in [6.45, 7) is 0.767.